The van der Waals surface area contributed by atoms with Crippen molar-refractivity contribution < 1.29 is 4.39 Å². The first-order valence-corrected chi connectivity index (χ1v) is 8.03. The second-order valence-electron chi connectivity index (χ2n) is 7.15. The molecule has 1 saturated heterocycles. The number of likely N-dealkylation sites (tertiary alicyclic amines) is 1. The van der Waals surface area contributed by atoms with Gasteiger partial charge in [-0.3, -0.25) is 4.90 Å². The summed E-state index contributed by atoms with van der Waals surface area (Å²) in [6, 6.07) is 7.49. The Bertz CT molecular complexity index is 477. The van der Waals surface area contributed by atoms with Gasteiger partial charge in [0.15, 0.2) is 0 Å². The van der Waals surface area contributed by atoms with Crippen LogP contribution in [0.5, 0.6) is 0 Å². The molecule has 1 atom stereocenters. The van der Waals surface area contributed by atoms with Crippen LogP contribution in [0.3, 0.4) is 0 Å². The normalized spacial score (nSPS) is 17.8. The number of hydrogen-bond acceptors (Lipinski definition) is 1. The van der Waals surface area contributed by atoms with Gasteiger partial charge in [0, 0.05) is 6.04 Å². The average Bonchev–Trinajstić information content (AvgIpc) is 2.91. The van der Waals surface area contributed by atoms with Crippen molar-refractivity contribution >= 4 is 0 Å². The Balaban J connectivity index is 2.17. The minimum absolute atomic E-state index is 0.0485. The van der Waals surface area contributed by atoms with Crippen molar-refractivity contribution in [3.8, 4) is 0 Å². The maximum atomic E-state index is 13.1. The van der Waals surface area contributed by atoms with Crippen molar-refractivity contribution in [3.05, 3.63) is 47.3 Å². The van der Waals surface area contributed by atoms with Gasteiger partial charge in [-0.1, -0.05) is 37.6 Å². The van der Waals surface area contributed by atoms with Gasteiger partial charge < -0.3 is 0 Å². The van der Waals surface area contributed by atoms with Crippen LogP contribution in [0.4, 0.5) is 4.39 Å². The fourth-order valence-electron chi connectivity index (χ4n) is 3.29. The van der Waals surface area contributed by atoms with E-state index < -0.39 is 0 Å². The van der Waals surface area contributed by atoms with E-state index in [1.54, 1.807) is 12.1 Å². The maximum Gasteiger partial charge on any atom is 0.123 e. The second kappa shape index (κ2) is 6.74. The molecule has 0 aromatic heterocycles. The highest BCUT2D eigenvalue weighted by molar-refractivity contribution is 5.25. The zero-order valence-corrected chi connectivity index (χ0v) is 13.8. The van der Waals surface area contributed by atoms with Gasteiger partial charge in [0.25, 0.3) is 0 Å². The Morgan fingerprint density at radius 1 is 1.19 bits per heavy atom. The van der Waals surface area contributed by atoms with Crippen molar-refractivity contribution in [2.45, 2.75) is 58.4 Å². The van der Waals surface area contributed by atoms with Crippen molar-refractivity contribution in [1.82, 2.24) is 4.90 Å². The van der Waals surface area contributed by atoms with Crippen molar-refractivity contribution in [2.24, 2.45) is 0 Å². The molecule has 1 aliphatic heterocycles. The van der Waals surface area contributed by atoms with Crippen LogP contribution >= 0.6 is 0 Å². The topological polar surface area (TPSA) is 3.24 Å². The first-order chi connectivity index (χ1) is 9.88. The number of allylic oxidation sites excluding steroid dienone is 1. The summed E-state index contributed by atoms with van der Waals surface area (Å²) in [5.74, 6) is -0.157. The molecule has 1 aromatic rings. The molecular weight excluding hydrogens is 261 g/mol. The van der Waals surface area contributed by atoms with Crippen molar-refractivity contribution in [3.63, 3.8) is 0 Å². The molecule has 1 unspecified atom stereocenters. The van der Waals surface area contributed by atoms with Gasteiger partial charge >= 0.3 is 0 Å². The molecule has 1 aliphatic rings. The molecule has 2 heteroatoms. The number of hydrogen-bond donors (Lipinski definition) is 0. The smallest absolute Gasteiger partial charge is 0.123 e. The first kappa shape index (κ1) is 16.2. The lowest BCUT2D eigenvalue weighted by atomic mass is 9.78. The van der Waals surface area contributed by atoms with Crippen molar-refractivity contribution in [2.75, 3.05) is 13.1 Å². The van der Waals surface area contributed by atoms with Gasteiger partial charge in [-0.05, 0) is 69.3 Å². The number of halogens is 1. The summed E-state index contributed by atoms with van der Waals surface area (Å²) in [7, 11) is 0. The summed E-state index contributed by atoms with van der Waals surface area (Å²) in [6.07, 6.45) is 6.09. The summed E-state index contributed by atoms with van der Waals surface area (Å²) in [6.45, 7) is 11.3. The summed E-state index contributed by atoms with van der Waals surface area (Å²) >= 11 is 0. The van der Waals surface area contributed by atoms with Gasteiger partial charge in [-0.15, -0.1) is 0 Å². The Hall–Kier alpha value is -1.15. The summed E-state index contributed by atoms with van der Waals surface area (Å²) in [5.41, 5.74) is 2.64. The fraction of sp³-hybridized carbons (Fsp3) is 0.579. The van der Waals surface area contributed by atoms with E-state index in [2.05, 4.69) is 38.7 Å². The van der Waals surface area contributed by atoms with E-state index in [-0.39, 0.29) is 11.2 Å². The zero-order chi connectivity index (χ0) is 15.5. The molecule has 0 saturated carbocycles. The monoisotopic (exact) mass is 289 g/mol. The molecule has 116 valence electrons. The molecule has 0 amide bonds. The molecule has 2 rings (SSSR count). The maximum absolute atomic E-state index is 13.1. The lowest BCUT2D eigenvalue weighted by molar-refractivity contribution is 0.237. The Labute approximate surface area is 128 Å². The molecule has 21 heavy (non-hydrogen) atoms. The van der Waals surface area contributed by atoms with E-state index in [1.807, 2.05) is 12.1 Å². The molecule has 1 heterocycles. The van der Waals surface area contributed by atoms with E-state index in [9.17, 15) is 4.39 Å². The third-order valence-corrected chi connectivity index (χ3v) is 4.48. The van der Waals surface area contributed by atoms with Crippen LogP contribution in [-0.2, 0) is 5.41 Å². The summed E-state index contributed by atoms with van der Waals surface area (Å²) < 4.78 is 13.1. The molecular formula is C19H28FN. The second-order valence-corrected chi connectivity index (χ2v) is 7.15. The van der Waals surface area contributed by atoms with Crippen LogP contribution in [0.1, 0.15) is 52.5 Å². The molecule has 1 fully saturated rings. The molecule has 0 spiro atoms. The predicted octanol–water partition coefficient (Wildman–Crippen LogP) is 4.92. The molecule has 0 N–H and O–H groups in total. The van der Waals surface area contributed by atoms with Crippen LogP contribution in [-0.4, -0.2) is 24.0 Å². The average molecular weight is 289 g/mol. The highest BCUT2D eigenvalue weighted by Gasteiger charge is 2.29. The lowest BCUT2D eigenvalue weighted by Gasteiger charge is -2.34. The highest BCUT2D eigenvalue weighted by atomic mass is 19.1. The predicted molar refractivity (Wildman–Crippen MR) is 88.1 cm³/mol. The Kier molecular flexibility index (Phi) is 5.21. The standard InChI is InChI=1S/C19H28FN/c1-15(2)13-18(21-11-5-6-12-21)14-19(3,4)16-7-9-17(20)10-8-16/h7-10,13,18H,5-6,11-12,14H2,1-4H3. The van der Waals surface area contributed by atoms with Gasteiger partial charge in [0.2, 0.25) is 0 Å². The van der Waals surface area contributed by atoms with E-state index in [0.717, 1.165) is 6.42 Å². The van der Waals surface area contributed by atoms with Gasteiger partial charge in [0.05, 0.1) is 0 Å². The first-order valence-electron chi connectivity index (χ1n) is 8.03. The van der Waals surface area contributed by atoms with Crippen LogP contribution in [0.2, 0.25) is 0 Å². The zero-order valence-electron chi connectivity index (χ0n) is 13.8. The molecule has 1 aromatic carbocycles. The molecule has 1 nitrogen and oxygen atoms in total. The van der Waals surface area contributed by atoms with Crippen LogP contribution in [0.25, 0.3) is 0 Å². The SMILES string of the molecule is CC(C)=CC(CC(C)(C)c1ccc(F)cc1)N1CCCC1. The molecule has 0 radical (unpaired) electrons. The number of benzene rings is 1. The van der Waals surface area contributed by atoms with Crippen LogP contribution < -0.4 is 0 Å². The van der Waals surface area contributed by atoms with Crippen LogP contribution in [0.15, 0.2) is 35.9 Å². The Morgan fingerprint density at radius 2 is 1.76 bits per heavy atom. The number of rotatable bonds is 5. The largest absolute Gasteiger partial charge is 0.297 e. The Morgan fingerprint density at radius 3 is 2.29 bits per heavy atom. The third-order valence-electron chi connectivity index (χ3n) is 4.48. The summed E-state index contributed by atoms with van der Waals surface area (Å²) in [4.78, 5) is 2.60. The fourth-order valence-corrected chi connectivity index (χ4v) is 3.29. The van der Waals surface area contributed by atoms with E-state index in [0.29, 0.717) is 6.04 Å². The summed E-state index contributed by atoms with van der Waals surface area (Å²) in [5, 5.41) is 0. The van der Waals surface area contributed by atoms with Gasteiger partial charge in [-0.2, -0.15) is 0 Å². The minimum Gasteiger partial charge on any atom is -0.297 e. The molecule has 0 bridgehead atoms. The van der Waals surface area contributed by atoms with E-state index >= 15 is 0 Å². The molecule has 0 aliphatic carbocycles. The lowest BCUT2D eigenvalue weighted by Crippen LogP contribution is -2.36. The third kappa shape index (κ3) is 4.41. The van der Waals surface area contributed by atoms with Crippen molar-refractivity contribution in [1.29, 1.82) is 0 Å². The highest BCUT2D eigenvalue weighted by Crippen LogP contribution is 2.32. The van der Waals surface area contributed by atoms with E-state index in [4.69, 9.17) is 0 Å². The number of nitrogens with zero attached hydrogens (tertiary/aromatic N) is 1. The van der Waals surface area contributed by atoms with Gasteiger partial charge in [0.1, 0.15) is 5.82 Å². The van der Waals surface area contributed by atoms with Crippen LogP contribution in [0, 0.1) is 5.82 Å². The quantitative estimate of drug-likeness (QED) is 0.695. The minimum atomic E-state index is -0.157. The van der Waals surface area contributed by atoms with E-state index in [1.165, 1.54) is 37.1 Å². The van der Waals surface area contributed by atoms with Gasteiger partial charge in [-0.25, -0.2) is 4.39 Å².